The smallest absolute Gasteiger partial charge is 0.228 e. The molecule has 0 bridgehead atoms. The fourth-order valence-corrected chi connectivity index (χ4v) is 1.81. The highest BCUT2D eigenvalue weighted by molar-refractivity contribution is 5.99. The zero-order valence-corrected chi connectivity index (χ0v) is 9.20. The molecule has 84 valence electrons. The van der Waals surface area contributed by atoms with Crippen LogP contribution in [0.1, 0.15) is 24.0 Å². The fourth-order valence-electron chi connectivity index (χ4n) is 1.81. The highest BCUT2D eigenvalue weighted by Gasteiger charge is 2.16. The largest absolute Gasteiger partial charge is 0.330 e. The van der Waals surface area contributed by atoms with Crippen molar-refractivity contribution < 1.29 is 4.79 Å². The Morgan fingerprint density at radius 2 is 2.31 bits per heavy atom. The molecule has 1 aromatic rings. The number of fused-ring (bicyclic) bond motifs is 1. The van der Waals surface area contributed by atoms with Crippen LogP contribution in [-0.4, -0.2) is 12.5 Å². The van der Waals surface area contributed by atoms with Crippen molar-refractivity contribution in [3.8, 4) is 0 Å². The number of allylic oxidation sites excluding steroid dienone is 1. The summed E-state index contributed by atoms with van der Waals surface area (Å²) in [5, 5.41) is 2.82. The van der Waals surface area contributed by atoms with Crippen molar-refractivity contribution in [1.82, 2.24) is 0 Å². The van der Waals surface area contributed by atoms with Gasteiger partial charge in [-0.3, -0.25) is 4.79 Å². The summed E-state index contributed by atoms with van der Waals surface area (Å²) in [6.07, 6.45) is 6.73. The first-order chi connectivity index (χ1) is 7.79. The first kappa shape index (κ1) is 10.9. The molecule has 0 radical (unpaired) electrons. The molecule has 2 rings (SSSR count). The van der Waals surface area contributed by atoms with Crippen LogP contribution < -0.4 is 11.1 Å². The van der Waals surface area contributed by atoms with E-state index in [4.69, 9.17) is 5.73 Å². The van der Waals surface area contributed by atoms with Gasteiger partial charge in [-0.2, -0.15) is 0 Å². The molecule has 16 heavy (non-hydrogen) atoms. The van der Waals surface area contributed by atoms with E-state index in [0.29, 0.717) is 6.42 Å². The number of amides is 1. The van der Waals surface area contributed by atoms with Crippen molar-refractivity contribution in [1.29, 1.82) is 0 Å². The van der Waals surface area contributed by atoms with E-state index in [0.717, 1.165) is 36.2 Å². The first-order valence-electron chi connectivity index (χ1n) is 5.59. The summed E-state index contributed by atoms with van der Waals surface area (Å²) >= 11 is 0. The molecular formula is C13H16N2O. The summed E-state index contributed by atoms with van der Waals surface area (Å²) in [5.41, 5.74) is 8.60. The van der Waals surface area contributed by atoms with Crippen molar-refractivity contribution >= 4 is 17.7 Å². The van der Waals surface area contributed by atoms with Gasteiger partial charge in [-0.1, -0.05) is 18.2 Å². The minimum absolute atomic E-state index is 0.0826. The quantitative estimate of drug-likeness (QED) is 0.756. The number of hydrogen-bond donors (Lipinski definition) is 2. The summed E-state index contributed by atoms with van der Waals surface area (Å²) in [6, 6.07) is 6.04. The van der Waals surface area contributed by atoms with E-state index >= 15 is 0 Å². The molecule has 1 aromatic carbocycles. The molecule has 0 fully saturated rings. The number of carbonyl (C=O) groups is 1. The molecule has 0 saturated carbocycles. The molecule has 1 amide bonds. The second-order valence-corrected chi connectivity index (χ2v) is 3.97. The minimum atomic E-state index is 0.0826. The summed E-state index contributed by atoms with van der Waals surface area (Å²) in [6.45, 7) is 0.729. The van der Waals surface area contributed by atoms with Gasteiger partial charge in [-0.25, -0.2) is 0 Å². The molecule has 0 unspecified atom stereocenters. The van der Waals surface area contributed by atoms with E-state index in [1.807, 2.05) is 12.1 Å². The minimum Gasteiger partial charge on any atom is -0.330 e. The second-order valence-electron chi connectivity index (χ2n) is 3.97. The Morgan fingerprint density at radius 1 is 1.44 bits per heavy atom. The van der Waals surface area contributed by atoms with Gasteiger partial charge >= 0.3 is 0 Å². The van der Waals surface area contributed by atoms with Gasteiger partial charge < -0.3 is 11.1 Å². The van der Waals surface area contributed by atoms with Crippen molar-refractivity contribution in [3.63, 3.8) is 0 Å². The predicted octanol–water partition coefficient (Wildman–Crippen LogP) is 1.93. The van der Waals surface area contributed by atoms with E-state index in [1.54, 1.807) is 0 Å². The third kappa shape index (κ3) is 2.49. The van der Waals surface area contributed by atoms with Crippen LogP contribution in [0.3, 0.4) is 0 Å². The highest BCUT2D eigenvalue weighted by atomic mass is 16.1. The van der Waals surface area contributed by atoms with Gasteiger partial charge in [0, 0.05) is 5.69 Å². The molecule has 3 nitrogen and oxygen atoms in total. The number of unbranched alkanes of at least 4 members (excludes halogenated alkanes) is 1. The van der Waals surface area contributed by atoms with Crippen molar-refractivity contribution in [2.24, 2.45) is 5.73 Å². The summed E-state index contributed by atoms with van der Waals surface area (Å²) in [5.74, 6) is 0.0826. The van der Waals surface area contributed by atoms with Gasteiger partial charge in [0.15, 0.2) is 0 Å². The lowest BCUT2D eigenvalue weighted by molar-refractivity contribution is -0.115. The van der Waals surface area contributed by atoms with E-state index in [1.165, 1.54) is 0 Å². The zero-order valence-electron chi connectivity index (χ0n) is 9.20. The van der Waals surface area contributed by atoms with Crippen molar-refractivity contribution in [2.45, 2.75) is 19.3 Å². The van der Waals surface area contributed by atoms with Gasteiger partial charge in [-0.15, -0.1) is 0 Å². The highest BCUT2D eigenvalue weighted by Crippen LogP contribution is 2.24. The van der Waals surface area contributed by atoms with E-state index in [9.17, 15) is 4.79 Å². The number of hydrogen-bond acceptors (Lipinski definition) is 2. The maximum absolute atomic E-state index is 11.2. The molecule has 1 aliphatic rings. The molecule has 3 N–H and O–H groups in total. The molecule has 0 aliphatic carbocycles. The zero-order chi connectivity index (χ0) is 11.4. The summed E-state index contributed by atoms with van der Waals surface area (Å²) < 4.78 is 0. The topological polar surface area (TPSA) is 55.1 Å². The van der Waals surface area contributed by atoms with E-state index < -0.39 is 0 Å². The lowest BCUT2D eigenvalue weighted by Crippen LogP contribution is -2.03. The van der Waals surface area contributed by atoms with Gasteiger partial charge in [0.2, 0.25) is 5.91 Å². The predicted molar refractivity (Wildman–Crippen MR) is 66.1 cm³/mol. The molecule has 1 aliphatic heterocycles. The number of rotatable bonds is 4. The fraction of sp³-hybridized carbons (Fsp3) is 0.308. The van der Waals surface area contributed by atoms with E-state index in [-0.39, 0.29) is 5.91 Å². The van der Waals surface area contributed by atoms with Crippen LogP contribution in [0.15, 0.2) is 24.3 Å². The number of carbonyl (C=O) groups excluding carboxylic acids is 1. The number of benzene rings is 1. The molecule has 1 heterocycles. The Kier molecular flexibility index (Phi) is 3.37. The molecular weight excluding hydrogens is 200 g/mol. The van der Waals surface area contributed by atoms with Gasteiger partial charge in [-0.05, 0) is 42.6 Å². The molecule has 0 aromatic heterocycles. The van der Waals surface area contributed by atoms with Crippen LogP contribution in [0.5, 0.6) is 0 Å². The van der Waals surface area contributed by atoms with Crippen LogP contribution in [0.25, 0.3) is 6.08 Å². The average Bonchev–Trinajstić information content (AvgIpc) is 2.64. The van der Waals surface area contributed by atoms with Crippen LogP contribution >= 0.6 is 0 Å². The number of anilines is 1. The molecule has 0 spiro atoms. The Balaban J connectivity index is 2.05. The van der Waals surface area contributed by atoms with E-state index in [2.05, 4.69) is 23.5 Å². The van der Waals surface area contributed by atoms with Crippen molar-refractivity contribution in [2.75, 3.05) is 11.9 Å². The Morgan fingerprint density at radius 3 is 3.12 bits per heavy atom. The van der Waals surface area contributed by atoms with Crippen LogP contribution in [0.4, 0.5) is 5.69 Å². The lowest BCUT2D eigenvalue weighted by atomic mass is 10.1. The molecule has 0 atom stereocenters. The maximum Gasteiger partial charge on any atom is 0.228 e. The maximum atomic E-state index is 11.2. The molecule has 0 saturated heterocycles. The normalized spacial score (nSPS) is 14.2. The first-order valence-corrected chi connectivity index (χ1v) is 5.59. The number of nitrogens with one attached hydrogen (secondary N) is 1. The van der Waals surface area contributed by atoms with Gasteiger partial charge in [0.25, 0.3) is 0 Å². The summed E-state index contributed by atoms with van der Waals surface area (Å²) in [7, 11) is 0. The Labute approximate surface area is 95.3 Å². The van der Waals surface area contributed by atoms with Crippen LogP contribution in [-0.2, 0) is 11.2 Å². The van der Waals surface area contributed by atoms with Gasteiger partial charge in [0.05, 0.1) is 6.42 Å². The van der Waals surface area contributed by atoms with Gasteiger partial charge in [0.1, 0.15) is 0 Å². The number of nitrogens with two attached hydrogens (primary N) is 1. The monoisotopic (exact) mass is 216 g/mol. The Hall–Kier alpha value is -1.61. The lowest BCUT2D eigenvalue weighted by Gasteiger charge is -1.99. The second kappa shape index (κ2) is 4.94. The van der Waals surface area contributed by atoms with Crippen molar-refractivity contribution in [3.05, 3.63) is 35.4 Å². The van der Waals surface area contributed by atoms with Crippen LogP contribution in [0.2, 0.25) is 0 Å². The molecule has 3 heteroatoms. The van der Waals surface area contributed by atoms with Crippen LogP contribution in [0, 0.1) is 0 Å². The SMILES string of the molecule is NCCC/C=C/c1ccc2c(c1)CC(=O)N2. The summed E-state index contributed by atoms with van der Waals surface area (Å²) in [4.78, 5) is 11.2. The standard InChI is InChI=1S/C13H16N2O/c14-7-3-1-2-4-10-5-6-12-11(8-10)9-13(16)15-12/h2,4-6,8H,1,3,7,9,14H2,(H,15,16)/b4-2+. The third-order valence-electron chi connectivity index (χ3n) is 2.64. The average molecular weight is 216 g/mol. The Bertz CT molecular complexity index is 424. The third-order valence-corrected chi connectivity index (χ3v) is 2.64.